The third-order valence-corrected chi connectivity index (χ3v) is 5.22. The van der Waals surface area contributed by atoms with Crippen molar-refractivity contribution in [3.63, 3.8) is 0 Å². The van der Waals surface area contributed by atoms with Gasteiger partial charge < -0.3 is 10.2 Å². The van der Waals surface area contributed by atoms with E-state index in [2.05, 4.69) is 34.7 Å². The molecule has 0 saturated carbocycles. The van der Waals surface area contributed by atoms with Crippen molar-refractivity contribution in [1.29, 1.82) is 0 Å². The molecular weight excluding hydrogens is 352 g/mol. The average molecular weight is 376 g/mol. The van der Waals surface area contributed by atoms with Gasteiger partial charge in [0.25, 0.3) is 0 Å². The van der Waals surface area contributed by atoms with Gasteiger partial charge in [0.05, 0.1) is 12.2 Å². The van der Waals surface area contributed by atoms with Gasteiger partial charge in [-0.05, 0) is 28.3 Å². The summed E-state index contributed by atoms with van der Waals surface area (Å²) in [5, 5.41) is 9.46. The zero-order valence-electron chi connectivity index (χ0n) is 16.0. The number of amides is 2. The topological polar surface area (TPSA) is 67.2 Å². The lowest BCUT2D eigenvalue weighted by atomic mass is 10.0. The number of benzene rings is 2. The van der Waals surface area contributed by atoms with Gasteiger partial charge in [-0.2, -0.15) is 5.10 Å². The molecule has 2 amide bonds. The van der Waals surface area contributed by atoms with Crippen LogP contribution in [0.3, 0.4) is 0 Å². The van der Waals surface area contributed by atoms with Crippen molar-refractivity contribution >= 4 is 22.6 Å². The number of aromatic nitrogens is 2. The van der Waals surface area contributed by atoms with Crippen LogP contribution in [-0.2, 0) is 29.6 Å². The lowest BCUT2D eigenvalue weighted by Gasteiger charge is -2.18. The van der Waals surface area contributed by atoms with Crippen molar-refractivity contribution < 1.29 is 9.59 Å². The molecule has 1 aromatic heterocycles. The molecule has 1 atom stereocenters. The van der Waals surface area contributed by atoms with E-state index in [1.165, 1.54) is 10.8 Å². The van der Waals surface area contributed by atoms with E-state index in [1.54, 1.807) is 10.9 Å². The van der Waals surface area contributed by atoms with Gasteiger partial charge in [-0.25, -0.2) is 0 Å². The fourth-order valence-corrected chi connectivity index (χ4v) is 3.82. The van der Waals surface area contributed by atoms with Crippen LogP contribution in [0.5, 0.6) is 0 Å². The summed E-state index contributed by atoms with van der Waals surface area (Å²) in [5.74, 6) is 0.0687. The van der Waals surface area contributed by atoms with Crippen LogP contribution in [-0.4, -0.2) is 39.1 Å². The van der Waals surface area contributed by atoms with Gasteiger partial charge in [0.1, 0.15) is 0 Å². The Labute approximate surface area is 164 Å². The van der Waals surface area contributed by atoms with Crippen molar-refractivity contribution in [3.05, 3.63) is 66.0 Å². The van der Waals surface area contributed by atoms with Gasteiger partial charge in [0, 0.05) is 39.2 Å². The average Bonchev–Trinajstić information content (AvgIpc) is 3.25. The Balaban J connectivity index is 1.34. The quantitative estimate of drug-likeness (QED) is 0.718. The minimum absolute atomic E-state index is 0.0198. The van der Waals surface area contributed by atoms with Gasteiger partial charge >= 0.3 is 0 Å². The third-order valence-electron chi connectivity index (χ3n) is 5.22. The Morgan fingerprint density at radius 2 is 2.04 bits per heavy atom. The van der Waals surface area contributed by atoms with Crippen molar-refractivity contribution in [1.82, 2.24) is 20.0 Å². The lowest BCUT2D eigenvalue weighted by molar-refractivity contribution is -0.128. The SMILES string of the molecule is Cn1cc(CCC(=O)NC2CC(=O)N(Cc3cccc4ccccc34)C2)cn1. The lowest BCUT2D eigenvalue weighted by Crippen LogP contribution is -2.37. The maximum Gasteiger partial charge on any atom is 0.225 e. The molecule has 1 N–H and O–H groups in total. The second-order valence-corrected chi connectivity index (χ2v) is 7.40. The van der Waals surface area contributed by atoms with Crippen molar-refractivity contribution in [2.24, 2.45) is 7.05 Å². The molecule has 0 radical (unpaired) electrons. The maximum absolute atomic E-state index is 12.5. The highest BCUT2D eigenvalue weighted by Crippen LogP contribution is 2.22. The molecule has 3 aromatic rings. The number of rotatable bonds is 6. The molecule has 1 aliphatic rings. The highest BCUT2D eigenvalue weighted by Gasteiger charge is 2.30. The molecule has 6 nitrogen and oxygen atoms in total. The molecule has 0 aliphatic carbocycles. The minimum atomic E-state index is -0.121. The molecule has 0 bridgehead atoms. The predicted molar refractivity (Wildman–Crippen MR) is 107 cm³/mol. The number of aryl methyl sites for hydroxylation is 2. The molecule has 2 heterocycles. The minimum Gasteiger partial charge on any atom is -0.351 e. The fraction of sp³-hybridized carbons (Fsp3) is 0.318. The smallest absolute Gasteiger partial charge is 0.225 e. The highest BCUT2D eigenvalue weighted by molar-refractivity contribution is 5.87. The summed E-state index contributed by atoms with van der Waals surface area (Å²) < 4.78 is 1.73. The molecule has 4 rings (SSSR count). The first-order valence-corrected chi connectivity index (χ1v) is 9.60. The van der Waals surface area contributed by atoms with Crippen LogP contribution in [0.2, 0.25) is 0 Å². The second kappa shape index (κ2) is 7.84. The first kappa shape index (κ1) is 18.2. The summed E-state index contributed by atoms with van der Waals surface area (Å²) in [6.07, 6.45) is 5.11. The van der Waals surface area contributed by atoms with E-state index in [-0.39, 0.29) is 17.9 Å². The van der Waals surface area contributed by atoms with Gasteiger partial charge in [-0.3, -0.25) is 14.3 Å². The summed E-state index contributed by atoms with van der Waals surface area (Å²) in [6, 6.07) is 14.2. The number of carbonyl (C=O) groups excluding carboxylic acids is 2. The first-order chi connectivity index (χ1) is 13.6. The van der Waals surface area contributed by atoms with Crippen LogP contribution >= 0.6 is 0 Å². The summed E-state index contributed by atoms with van der Waals surface area (Å²) >= 11 is 0. The Morgan fingerprint density at radius 3 is 2.86 bits per heavy atom. The van der Waals surface area contributed by atoms with Crippen LogP contribution in [0.1, 0.15) is 24.0 Å². The number of hydrogen-bond donors (Lipinski definition) is 1. The van der Waals surface area contributed by atoms with Gasteiger partial charge in [-0.1, -0.05) is 42.5 Å². The number of hydrogen-bond acceptors (Lipinski definition) is 3. The van der Waals surface area contributed by atoms with Gasteiger partial charge in [0.15, 0.2) is 0 Å². The van der Waals surface area contributed by atoms with Crippen molar-refractivity contribution in [2.75, 3.05) is 6.54 Å². The Bertz CT molecular complexity index is 1010. The van der Waals surface area contributed by atoms with Gasteiger partial charge in [0.2, 0.25) is 11.8 Å². The number of nitrogens with zero attached hydrogens (tertiary/aromatic N) is 3. The van der Waals surface area contributed by atoms with Crippen LogP contribution in [0.4, 0.5) is 0 Å². The predicted octanol–water partition coefficient (Wildman–Crippen LogP) is 2.42. The molecule has 6 heteroatoms. The molecule has 1 unspecified atom stereocenters. The Hall–Kier alpha value is -3.15. The summed E-state index contributed by atoms with van der Waals surface area (Å²) in [7, 11) is 1.86. The third kappa shape index (κ3) is 4.06. The van der Waals surface area contributed by atoms with Crippen LogP contribution < -0.4 is 5.32 Å². The van der Waals surface area contributed by atoms with E-state index < -0.39 is 0 Å². The molecular formula is C22H24N4O2. The van der Waals surface area contributed by atoms with Crippen molar-refractivity contribution in [3.8, 4) is 0 Å². The van der Waals surface area contributed by atoms with Crippen LogP contribution in [0.25, 0.3) is 10.8 Å². The fourth-order valence-electron chi connectivity index (χ4n) is 3.82. The monoisotopic (exact) mass is 376 g/mol. The maximum atomic E-state index is 12.5. The molecule has 0 spiro atoms. The van der Waals surface area contributed by atoms with E-state index in [9.17, 15) is 9.59 Å². The summed E-state index contributed by atoms with van der Waals surface area (Å²) in [4.78, 5) is 26.6. The standard InChI is InChI=1S/C22H24N4O2/c1-25-13-16(12-23-25)9-10-21(27)24-19-11-22(28)26(15-19)14-18-7-4-6-17-5-2-3-8-20(17)18/h2-8,12-13,19H,9-11,14-15H2,1H3,(H,24,27). The molecule has 1 aliphatic heterocycles. The molecule has 2 aromatic carbocycles. The zero-order chi connectivity index (χ0) is 19.5. The van der Waals surface area contributed by atoms with Crippen LogP contribution in [0.15, 0.2) is 54.9 Å². The molecule has 1 saturated heterocycles. The van der Waals surface area contributed by atoms with E-state index in [1.807, 2.05) is 36.3 Å². The normalized spacial score (nSPS) is 16.7. The largest absolute Gasteiger partial charge is 0.351 e. The number of nitrogens with one attached hydrogen (secondary N) is 1. The Kier molecular flexibility index (Phi) is 5.10. The van der Waals surface area contributed by atoms with E-state index in [0.29, 0.717) is 32.4 Å². The van der Waals surface area contributed by atoms with E-state index in [0.717, 1.165) is 11.1 Å². The Morgan fingerprint density at radius 1 is 1.21 bits per heavy atom. The first-order valence-electron chi connectivity index (χ1n) is 9.60. The summed E-state index contributed by atoms with van der Waals surface area (Å²) in [5.41, 5.74) is 2.17. The van der Waals surface area contributed by atoms with Crippen LogP contribution in [0, 0.1) is 0 Å². The highest BCUT2D eigenvalue weighted by atomic mass is 16.2. The second-order valence-electron chi connectivity index (χ2n) is 7.40. The molecule has 144 valence electrons. The number of carbonyl (C=O) groups is 2. The van der Waals surface area contributed by atoms with E-state index >= 15 is 0 Å². The van der Waals surface area contributed by atoms with Gasteiger partial charge in [-0.15, -0.1) is 0 Å². The number of likely N-dealkylation sites (tertiary alicyclic amines) is 1. The molecule has 28 heavy (non-hydrogen) atoms. The van der Waals surface area contributed by atoms with E-state index in [4.69, 9.17) is 0 Å². The number of fused-ring (bicyclic) bond motifs is 1. The summed E-state index contributed by atoms with van der Waals surface area (Å²) in [6.45, 7) is 1.13. The molecule has 1 fully saturated rings. The zero-order valence-corrected chi connectivity index (χ0v) is 16.0. The van der Waals surface area contributed by atoms with Crippen molar-refractivity contribution in [2.45, 2.75) is 31.8 Å².